The van der Waals surface area contributed by atoms with Gasteiger partial charge in [-0.3, -0.25) is 4.79 Å². The monoisotopic (exact) mass is 406 g/mol. The normalized spacial score (nSPS) is 20.7. The highest BCUT2D eigenvalue weighted by Crippen LogP contribution is 2.32. The Bertz CT molecular complexity index is 671. The number of H-pyrrole nitrogens is 1. The minimum absolute atomic E-state index is 0.0558. The smallest absolute Gasteiger partial charge is 0.348 e. The van der Waals surface area contributed by atoms with Crippen molar-refractivity contribution in [3.8, 4) is 0 Å². The average molecular weight is 407 g/mol. The number of rotatable bonds is 4. The lowest BCUT2D eigenvalue weighted by atomic mass is 10.2. The Balaban J connectivity index is 1.56. The summed E-state index contributed by atoms with van der Waals surface area (Å²) in [5, 5.41) is 3.20. The second-order valence-electron chi connectivity index (χ2n) is 7.44. The molecule has 1 atom stereocenters. The van der Waals surface area contributed by atoms with Crippen molar-refractivity contribution in [1.82, 2.24) is 5.32 Å². The van der Waals surface area contributed by atoms with Crippen molar-refractivity contribution >= 4 is 23.3 Å². The Kier molecular flexibility index (Phi) is 6.15. The summed E-state index contributed by atoms with van der Waals surface area (Å²) in [7, 11) is 0. The van der Waals surface area contributed by atoms with E-state index in [4.69, 9.17) is 11.6 Å². The number of hydrogen-bond acceptors (Lipinski definition) is 2. The third kappa shape index (κ3) is 4.85. The molecule has 1 amide bonds. The minimum atomic E-state index is -4.43. The molecule has 2 aliphatic rings. The molecule has 1 aliphatic carbocycles. The molecule has 9 heteroatoms. The van der Waals surface area contributed by atoms with Crippen molar-refractivity contribution in [1.29, 1.82) is 0 Å². The molecule has 3 rings (SSSR count). The first-order chi connectivity index (χ1) is 12.8. The van der Waals surface area contributed by atoms with Crippen molar-refractivity contribution in [3.05, 3.63) is 22.8 Å². The summed E-state index contributed by atoms with van der Waals surface area (Å²) in [5.41, 5.74) is -0.794. The summed E-state index contributed by atoms with van der Waals surface area (Å²) >= 11 is 6.07. The molecular formula is C18H26ClF3N4O+2. The van der Waals surface area contributed by atoms with Crippen LogP contribution in [-0.4, -0.2) is 44.2 Å². The van der Waals surface area contributed by atoms with Crippen LogP contribution in [0, 0.1) is 0 Å². The van der Waals surface area contributed by atoms with Crippen LogP contribution >= 0.6 is 11.6 Å². The first-order valence-electron chi connectivity index (χ1n) is 9.44. The Morgan fingerprint density at radius 1 is 1.33 bits per heavy atom. The van der Waals surface area contributed by atoms with Crippen molar-refractivity contribution in [2.75, 3.05) is 31.1 Å². The van der Waals surface area contributed by atoms with Gasteiger partial charge in [-0.2, -0.15) is 13.2 Å². The lowest BCUT2D eigenvalue weighted by Gasteiger charge is -2.32. The van der Waals surface area contributed by atoms with E-state index in [1.165, 1.54) is 17.7 Å². The standard InChI is InChI=1S/C18H24ClF3N4O/c1-12(17(27)24-14-4-2-3-5-14)25-6-8-26(9-7-25)16-15(19)10-13(11-23-16)18(20,21)22/h10-12,14H,2-9H2,1H3,(H,24,27)/p+2/t12-/m1/s1. The van der Waals surface area contributed by atoms with Gasteiger partial charge in [0.2, 0.25) is 0 Å². The molecular weight excluding hydrogens is 381 g/mol. The van der Waals surface area contributed by atoms with Gasteiger partial charge in [0.1, 0.15) is 37.4 Å². The van der Waals surface area contributed by atoms with Gasteiger partial charge < -0.3 is 10.2 Å². The molecule has 27 heavy (non-hydrogen) atoms. The number of alkyl halides is 3. The zero-order valence-corrected chi connectivity index (χ0v) is 16.1. The lowest BCUT2D eigenvalue weighted by molar-refractivity contribution is -0.914. The Morgan fingerprint density at radius 3 is 2.52 bits per heavy atom. The van der Waals surface area contributed by atoms with E-state index in [1.807, 2.05) is 11.8 Å². The Labute approximate surface area is 161 Å². The molecule has 0 aromatic carbocycles. The molecule has 1 saturated heterocycles. The predicted octanol–water partition coefficient (Wildman–Crippen LogP) is 1.33. The maximum atomic E-state index is 12.8. The molecule has 1 saturated carbocycles. The summed E-state index contributed by atoms with van der Waals surface area (Å²) in [6, 6.07) is 1.12. The van der Waals surface area contributed by atoms with Crippen molar-refractivity contribution in [2.24, 2.45) is 0 Å². The van der Waals surface area contributed by atoms with E-state index >= 15 is 0 Å². The zero-order valence-electron chi connectivity index (χ0n) is 15.3. The Morgan fingerprint density at radius 2 is 1.96 bits per heavy atom. The molecule has 5 nitrogen and oxygen atoms in total. The van der Waals surface area contributed by atoms with E-state index in [0.29, 0.717) is 24.9 Å². The third-order valence-corrected chi connectivity index (χ3v) is 5.92. The molecule has 0 spiro atoms. The van der Waals surface area contributed by atoms with Crippen LogP contribution in [-0.2, 0) is 11.0 Å². The maximum Gasteiger partial charge on any atom is 0.419 e. The molecule has 2 fully saturated rings. The SMILES string of the molecule is C[C@H](C(=O)NC1CCCC1)[NH+]1CCN(c2[nH+]cc(C(F)(F)F)cc2Cl)CC1. The highest BCUT2D eigenvalue weighted by atomic mass is 35.5. The molecule has 0 bridgehead atoms. The van der Waals surface area contributed by atoms with Gasteiger partial charge in [-0.05, 0) is 25.8 Å². The van der Waals surface area contributed by atoms with Crippen LogP contribution in [0.4, 0.5) is 19.0 Å². The first-order valence-corrected chi connectivity index (χ1v) is 9.82. The fourth-order valence-corrected chi connectivity index (χ4v) is 4.19. The van der Waals surface area contributed by atoms with Gasteiger partial charge in [-0.1, -0.05) is 24.4 Å². The summed E-state index contributed by atoms with van der Waals surface area (Å²) in [6.07, 6.45) is 0.986. The molecule has 0 radical (unpaired) electrons. The number of nitrogens with one attached hydrogen (secondary N) is 3. The lowest BCUT2D eigenvalue weighted by Crippen LogP contribution is -3.19. The van der Waals surface area contributed by atoms with E-state index < -0.39 is 11.7 Å². The molecule has 1 aliphatic heterocycles. The molecule has 2 heterocycles. The predicted molar refractivity (Wildman–Crippen MR) is 95.8 cm³/mol. The van der Waals surface area contributed by atoms with Crippen LogP contribution in [0.1, 0.15) is 38.2 Å². The van der Waals surface area contributed by atoms with Gasteiger partial charge in [0.15, 0.2) is 6.04 Å². The van der Waals surface area contributed by atoms with Crippen LogP contribution in [0.5, 0.6) is 0 Å². The second-order valence-corrected chi connectivity index (χ2v) is 7.85. The highest BCUT2D eigenvalue weighted by molar-refractivity contribution is 6.32. The summed E-state index contributed by atoms with van der Waals surface area (Å²) < 4.78 is 38.3. The number of halogens is 4. The third-order valence-electron chi connectivity index (χ3n) is 5.63. The van der Waals surface area contributed by atoms with Crippen molar-refractivity contribution in [3.63, 3.8) is 0 Å². The van der Waals surface area contributed by atoms with Gasteiger partial charge in [-0.15, -0.1) is 0 Å². The van der Waals surface area contributed by atoms with E-state index in [-0.39, 0.29) is 17.0 Å². The van der Waals surface area contributed by atoms with Crippen LogP contribution in [0.2, 0.25) is 5.02 Å². The summed E-state index contributed by atoms with van der Waals surface area (Å²) in [4.78, 5) is 18.3. The number of pyridine rings is 1. The number of carbonyl (C=O) groups is 1. The van der Waals surface area contributed by atoms with Gasteiger partial charge in [0.05, 0.1) is 5.56 Å². The zero-order chi connectivity index (χ0) is 19.6. The molecule has 150 valence electrons. The Hall–Kier alpha value is -1.54. The van der Waals surface area contributed by atoms with E-state index in [9.17, 15) is 18.0 Å². The van der Waals surface area contributed by atoms with Crippen molar-refractivity contribution in [2.45, 2.75) is 50.9 Å². The van der Waals surface area contributed by atoms with Gasteiger partial charge in [0, 0.05) is 6.04 Å². The van der Waals surface area contributed by atoms with Crippen LogP contribution in [0.15, 0.2) is 12.3 Å². The number of nitrogens with zero attached hydrogens (tertiary/aromatic N) is 1. The molecule has 3 N–H and O–H groups in total. The van der Waals surface area contributed by atoms with Gasteiger partial charge in [-0.25, -0.2) is 9.88 Å². The summed E-state index contributed by atoms with van der Waals surface area (Å²) in [5.74, 6) is 0.580. The van der Waals surface area contributed by atoms with Crippen LogP contribution in [0.25, 0.3) is 0 Å². The maximum absolute atomic E-state index is 12.8. The number of aromatic nitrogens is 1. The van der Waals surface area contributed by atoms with E-state index in [0.717, 1.165) is 38.2 Å². The molecule has 1 aromatic rings. The summed E-state index contributed by atoms with van der Waals surface area (Å²) in [6.45, 7) is 4.64. The number of aromatic amines is 1. The number of quaternary nitrogens is 1. The number of anilines is 1. The first kappa shape index (κ1) is 20.2. The largest absolute Gasteiger partial charge is 0.419 e. The number of piperazine rings is 1. The number of hydrogen-bond donors (Lipinski definition) is 2. The number of amides is 1. The quantitative estimate of drug-likeness (QED) is 0.792. The minimum Gasteiger partial charge on any atom is -0.348 e. The van der Waals surface area contributed by atoms with E-state index in [1.54, 1.807) is 0 Å². The van der Waals surface area contributed by atoms with Crippen LogP contribution < -0.4 is 20.1 Å². The van der Waals surface area contributed by atoms with Crippen LogP contribution in [0.3, 0.4) is 0 Å². The highest BCUT2D eigenvalue weighted by Gasteiger charge is 2.36. The van der Waals surface area contributed by atoms with Gasteiger partial charge >= 0.3 is 6.18 Å². The van der Waals surface area contributed by atoms with Gasteiger partial charge in [0.25, 0.3) is 11.7 Å². The average Bonchev–Trinajstić information content (AvgIpc) is 3.13. The topological polar surface area (TPSA) is 50.9 Å². The second kappa shape index (κ2) is 8.22. The van der Waals surface area contributed by atoms with E-state index in [2.05, 4.69) is 10.3 Å². The fraction of sp³-hybridized carbons (Fsp3) is 0.667. The van der Waals surface area contributed by atoms with Crippen molar-refractivity contribution < 1.29 is 27.8 Å². The molecule has 0 unspecified atom stereocenters. The molecule has 1 aromatic heterocycles. The number of carbonyl (C=O) groups excluding carboxylic acids is 1. The fourth-order valence-electron chi connectivity index (χ4n) is 3.90.